The lowest BCUT2D eigenvalue weighted by molar-refractivity contribution is 0.102. The second-order valence-corrected chi connectivity index (χ2v) is 5.10. The van der Waals surface area contributed by atoms with Gasteiger partial charge < -0.3 is 10.4 Å². The normalized spacial score (nSPS) is 10.3. The first kappa shape index (κ1) is 13.8. The number of rotatable bonds is 2. The summed E-state index contributed by atoms with van der Waals surface area (Å²) < 4.78 is 13.6. The zero-order chi connectivity index (χ0) is 14.0. The lowest BCUT2D eigenvalue weighted by atomic mass is 10.2. The van der Waals surface area contributed by atoms with E-state index in [9.17, 15) is 14.3 Å². The van der Waals surface area contributed by atoms with Crippen LogP contribution < -0.4 is 5.32 Å². The molecule has 0 saturated heterocycles. The number of phenolic OH excluding ortho intramolecular Hbond substituents is 1. The minimum atomic E-state index is -0.515. The van der Waals surface area contributed by atoms with E-state index in [4.69, 9.17) is 11.6 Å². The van der Waals surface area contributed by atoms with Gasteiger partial charge in [0.25, 0.3) is 5.91 Å². The Hall–Kier alpha value is -1.59. The first-order valence-corrected chi connectivity index (χ1v) is 6.39. The Labute approximate surface area is 122 Å². The van der Waals surface area contributed by atoms with E-state index < -0.39 is 11.7 Å². The van der Waals surface area contributed by atoms with E-state index in [0.29, 0.717) is 10.2 Å². The number of benzene rings is 2. The molecule has 0 saturated carbocycles. The summed E-state index contributed by atoms with van der Waals surface area (Å²) in [5.41, 5.74) is 0.536. The van der Waals surface area contributed by atoms with Crippen LogP contribution in [0.2, 0.25) is 5.02 Å². The molecule has 2 aromatic rings. The van der Waals surface area contributed by atoms with E-state index >= 15 is 0 Å². The predicted molar refractivity (Wildman–Crippen MR) is 75.2 cm³/mol. The Kier molecular flexibility index (Phi) is 4.07. The number of hydrogen-bond acceptors (Lipinski definition) is 2. The van der Waals surface area contributed by atoms with Crippen molar-refractivity contribution in [1.82, 2.24) is 0 Å². The number of aromatic hydroxyl groups is 1. The molecule has 0 radical (unpaired) electrons. The van der Waals surface area contributed by atoms with Crippen molar-refractivity contribution in [2.24, 2.45) is 0 Å². The minimum Gasteiger partial charge on any atom is -0.506 e. The van der Waals surface area contributed by atoms with Crippen LogP contribution in [-0.2, 0) is 0 Å². The highest BCUT2D eigenvalue weighted by Crippen LogP contribution is 2.26. The Balaban J connectivity index is 2.22. The van der Waals surface area contributed by atoms with Crippen LogP contribution in [0.25, 0.3) is 0 Å². The maximum absolute atomic E-state index is 13.2. The molecule has 0 aliphatic carbocycles. The average molecular weight is 345 g/mol. The molecule has 3 nitrogen and oxygen atoms in total. The van der Waals surface area contributed by atoms with Gasteiger partial charge in [-0.3, -0.25) is 4.79 Å². The van der Waals surface area contributed by atoms with E-state index in [1.54, 1.807) is 0 Å². The summed E-state index contributed by atoms with van der Waals surface area (Å²) in [6.45, 7) is 0. The van der Waals surface area contributed by atoms with E-state index in [-0.39, 0.29) is 16.3 Å². The first-order valence-electron chi connectivity index (χ1n) is 5.21. The van der Waals surface area contributed by atoms with Crippen molar-refractivity contribution in [2.75, 3.05) is 5.32 Å². The molecule has 0 atom stereocenters. The number of halogens is 3. The summed E-state index contributed by atoms with van der Waals surface area (Å²) in [5, 5.41) is 12.1. The number of nitrogens with one attached hydrogen (secondary N) is 1. The monoisotopic (exact) mass is 343 g/mol. The van der Waals surface area contributed by atoms with Gasteiger partial charge in [-0.05, 0) is 30.3 Å². The van der Waals surface area contributed by atoms with Crippen LogP contribution in [0.3, 0.4) is 0 Å². The van der Waals surface area contributed by atoms with Crippen LogP contribution in [0.1, 0.15) is 10.4 Å². The third-order valence-corrected chi connectivity index (χ3v) is 3.11. The summed E-state index contributed by atoms with van der Waals surface area (Å²) in [6, 6.07) is 8.17. The van der Waals surface area contributed by atoms with Crippen molar-refractivity contribution in [3.05, 3.63) is 57.3 Å². The number of amides is 1. The predicted octanol–water partition coefficient (Wildman–Crippen LogP) is 4.20. The second-order valence-electron chi connectivity index (χ2n) is 3.78. The SMILES string of the molecule is O=C(Nc1ccc(Cl)c(O)c1)c1cc(F)cc(Br)c1. The van der Waals surface area contributed by atoms with E-state index in [0.717, 1.165) is 6.07 Å². The largest absolute Gasteiger partial charge is 0.506 e. The van der Waals surface area contributed by atoms with E-state index in [1.165, 1.54) is 30.3 Å². The average Bonchev–Trinajstić information content (AvgIpc) is 2.32. The highest BCUT2D eigenvalue weighted by atomic mass is 79.9. The molecule has 2 rings (SSSR count). The van der Waals surface area contributed by atoms with Gasteiger partial charge in [-0.15, -0.1) is 0 Å². The van der Waals surface area contributed by atoms with Gasteiger partial charge >= 0.3 is 0 Å². The van der Waals surface area contributed by atoms with Crippen LogP contribution in [0, 0.1) is 5.82 Å². The van der Waals surface area contributed by atoms with Crippen molar-refractivity contribution in [3.8, 4) is 5.75 Å². The van der Waals surface area contributed by atoms with Crippen molar-refractivity contribution < 1.29 is 14.3 Å². The molecule has 0 spiro atoms. The third-order valence-electron chi connectivity index (χ3n) is 2.33. The number of phenols is 1. The molecule has 0 aliphatic heterocycles. The molecule has 0 bridgehead atoms. The Morgan fingerprint density at radius 2 is 2.00 bits per heavy atom. The third kappa shape index (κ3) is 3.45. The minimum absolute atomic E-state index is 0.139. The fourth-order valence-electron chi connectivity index (χ4n) is 1.48. The number of carbonyl (C=O) groups excluding carboxylic acids is 1. The molecular formula is C13H8BrClFNO2. The molecule has 0 heterocycles. The topological polar surface area (TPSA) is 49.3 Å². The molecule has 1 amide bonds. The van der Waals surface area contributed by atoms with Crippen LogP contribution in [0.5, 0.6) is 5.75 Å². The highest BCUT2D eigenvalue weighted by molar-refractivity contribution is 9.10. The van der Waals surface area contributed by atoms with E-state index in [2.05, 4.69) is 21.2 Å². The van der Waals surface area contributed by atoms with Crippen molar-refractivity contribution in [3.63, 3.8) is 0 Å². The second kappa shape index (κ2) is 5.59. The molecule has 6 heteroatoms. The standard InChI is InChI=1S/C13H8BrClFNO2/c14-8-3-7(4-9(16)5-8)13(19)17-10-1-2-11(15)12(18)6-10/h1-6,18H,(H,17,19). The molecule has 98 valence electrons. The van der Waals surface area contributed by atoms with Crippen LogP contribution in [-0.4, -0.2) is 11.0 Å². The molecule has 0 aromatic heterocycles. The van der Waals surface area contributed by atoms with Gasteiger partial charge in [0, 0.05) is 21.8 Å². The summed E-state index contributed by atoms with van der Waals surface area (Å²) in [6.07, 6.45) is 0. The maximum Gasteiger partial charge on any atom is 0.255 e. The van der Waals surface area contributed by atoms with Gasteiger partial charge in [0.2, 0.25) is 0 Å². The van der Waals surface area contributed by atoms with Crippen LogP contribution in [0.4, 0.5) is 10.1 Å². The van der Waals surface area contributed by atoms with Crippen LogP contribution in [0.15, 0.2) is 40.9 Å². The zero-order valence-corrected chi connectivity index (χ0v) is 11.8. The fraction of sp³-hybridized carbons (Fsp3) is 0. The van der Waals surface area contributed by atoms with Crippen molar-refractivity contribution in [1.29, 1.82) is 0 Å². The van der Waals surface area contributed by atoms with Gasteiger partial charge in [-0.25, -0.2) is 4.39 Å². The Morgan fingerprint density at radius 1 is 1.26 bits per heavy atom. The first-order chi connectivity index (χ1) is 8.95. The molecule has 0 fully saturated rings. The van der Waals surface area contributed by atoms with Gasteiger partial charge in [-0.1, -0.05) is 27.5 Å². The van der Waals surface area contributed by atoms with Crippen molar-refractivity contribution >= 4 is 39.1 Å². The molecule has 2 N–H and O–H groups in total. The zero-order valence-electron chi connectivity index (χ0n) is 9.45. The van der Waals surface area contributed by atoms with Gasteiger partial charge in [0.1, 0.15) is 11.6 Å². The molecule has 0 unspecified atom stereocenters. The molecule has 19 heavy (non-hydrogen) atoms. The Morgan fingerprint density at radius 3 is 2.63 bits per heavy atom. The summed E-state index contributed by atoms with van der Waals surface area (Å²) >= 11 is 8.77. The van der Waals surface area contributed by atoms with Gasteiger partial charge in [0.15, 0.2) is 0 Å². The van der Waals surface area contributed by atoms with E-state index in [1.807, 2.05) is 0 Å². The molecular weight excluding hydrogens is 337 g/mol. The quantitative estimate of drug-likeness (QED) is 0.858. The van der Waals surface area contributed by atoms with Gasteiger partial charge in [0.05, 0.1) is 5.02 Å². The highest BCUT2D eigenvalue weighted by Gasteiger charge is 2.09. The van der Waals surface area contributed by atoms with Crippen LogP contribution >= 0.6 is 27.5 Å². The maximum atomic E-state index is 13.2. The summed E-state index contributed by atoms with van der Waals surface area (Å²) in [4.78, 5) is 11.9. The van der Waals surface area contributed by atoms with Crippen molar-refractivity contribution in [2.45, 2.75) is 0 Å². The fourth-order valence-corrected chi connectivity index (χ4v) is 2.06. The lowest BCUT2D eigenvalue weighted by Crippen LogP contribution is -2.12. The number of anilines is 1. The number of hydrogen-bond donors (Lipinski definition) is 2. The number of carbonyl (C=O) groups is 1. The Bertz CT molecular complexity index is 628. The molecule has 2 aromatic carbocycles. The lowest BCUT2D eigenvalue weighted by Gasteiger charge is -2.07. The smallest absolute Gasteiger partial charge is 0.255 e. The summed E-state index contributed by atoms with van der Waals surface area (Å²) in [7, 11) is 0. The van der Waals surface area contributed by atoms with Gasteiger partial charge in [-0.2, -0.15) is 0 Å². The summed E-state index contributed by atoms with van der Waals surface area (Å²) in [5.74, 6) is -1.14. The molecule has 0 aliphatic rings.